The molecule has 0 heterocycles. The minimum atomic E-state index is -0.00694. The van der Waals surface area contributed by atoms with Gasteiger partial charge in [-0.2, -0.15) is 5.26 Å². The molecule has 2 aromatic rings. The van der Waals surface area contributed by atoms with Crippen LogP contribution in [0.4, 0.5) is 0 Å². The third-order valence-electron chi connectivity index (χ3n) is 2.09. The molecule has 0 radical (unpaired) electrons. The number of fused-ring (bicyclic) bond motifs is 1. The Morgan fingerprint density at radius 2 is 1.86 bits per heavy atom. The molecule has 0 spiro atoms. The zero-order chi connectivity index (χ0) is 10.1. The first-order valence-electron chi connectivity index (χ1n) is 4.04. The van der Waals surface area contributed by atoms with E-state index in [-0.39, 0.29) is 11.3 Å². The number of rotatable bonds is 0. The summed E-state index contributed by atoms with van der Waals surface area (Å²) in [5.41, 5.74) is 0.203. The van der Waals surface area contributed by atoms with Gasteiger partial charge in [0.2, 0.25) is 0 Å². The van der Waals surface area contributed by atoms with Crippen molar-refractivity contribution in [2.24, 2.45) is 0 Å². The van der Waals surface area contributed by atoms with Crippen LogP contribution < -0.4 is 0 Å². The van der Waals surface area contributed by atoms with Crippen molar-refractivity contribution >= 4 is 22.4 Å². The fourth-order valence-electron chi connectivity index (χ4n) is 1.40. The maximum atomic E-state index is 9.69. The van der Waals surface area contributed by atoms with E-state index in [2.05, 4.69) is 0 Å². The summed E-state index contributed by atoms with van der Waals surface area (Å²) >= 11 is 5.95. The molecule has 0 unspecified atom stereocenters. The van der Waals surface area contributed by atoms with Gasteiger partial charge in [-0.05, 0) is 6.07 Å². The zero-order valence-electron chi connectivity index (χ0n) is 7.16. The molecule has 0 aliphatic carbocycles. The van der Waals surface area contributed by atoms with E-state index >= 15 is 0 Å². The van der Waals surface area contributed by atoms with Crippen molar-refractivity contribution in [2.75, 3.05) is 0 Å². The molecule has 68 valence electrons. The Morgan fingerprint density at radius 3 is 2.50 bits per heavy atom. The van der Waals surface area contributed by atoms with Crippen LogP contribution in [0.25, 0.3) is 10.8 Å². The molecule has 1 N–H and O–H groups in total. The van der Waals surface area contributed by atoms with E-state index in [9.17, 15) is 5.11 Å². The predicted molar refractivity (Wildman–Crippen MR) is 55.3 cm³/mol. The van der Waals surface area contributed by atoms with Gasteiger partial charge < -0.3 is 5.11 Å². The molecule has 0 aliphatic rings. The summed E-state index contributed by atoms with van der Waals surface area (Å²) in [5.74, 6) is -0.00694. The van der Waals surface area contributed by atoms with Crippen molar-refractivity contribution in [1.82, 2.24) is 0 Å². The Bertz CT molecular complexity index is 543. The number of phenolic OH excluding ortho intramolecular Hbond substituents is 1. The Balaban J connectivity index is 2.96. The summed E-state index contributed by atoms with van der Waals surface area (Å²) in [6.45, 7) is 0. The minimum absolute atomic E-state index is 0.00694. The fraction of sp³-hybridized carbons (Fsp3) is 0. The number of nitrogens with zero attached hydrogens (tertiary/aromatic N) is 1. The molecular weight excluding hydrogens is 198 g/mol. The number of halogens is 1. The summed E-state index contributed by atoms with van der Waals surface area (Å²) in [7, 11) is 0. The average Bonchev–Trinajstić information content (AvgIpc) is 2.23. The van der Waals surface area contributed by atoms with Crippen LogP contribution in [0.1, 0.15) is 5.56 Å². The Morgan fingerprint density at radius 1 is 1.21 bits per heavy atom. The van der Waals surface area contributed by atoms with Gasteiger partial charge in [-0.1, -0.05) is 35.9 Å². The lowest BCUT2D eigenvalue weighted by Crippen LogP contribution is -1.81. The quantitative estimate of drug-likeness (QED) is 0.715. The highest BCUT2D eigenvalue weighted by molar-refractivity contribution is 6.36. The molecule has 0 saturated heterocycles. The lowest BCUT2D eigenvalue weighted by atomic mass is 10.1. The minimum Gasteiger partial charge on any atom is -0.506 e. The maximum absolute atomic E-state index is 9.69. The summed E-state index contributed by atoms with van der Waals surface area (Å²) < 4.78 is 0. The normalized spacial score (nSPS) is 10.0. The van der Waals surface area contributed by atoms with Crippen LogP contribution in [-0.4, -0.2) is 5.11 Å². The van der Waals surface area contributed by atoms with Crippen molar-refractivity contribution < 1.29 is 5.11 Å². The van der Waals surface area contributed by atoms with E-state index in [4.69, 9.17) is 16.9 Å². The van der Waals surface area contributed by atoms with Gasteiger partial charge in [0, 0.05) is 15.8 Å². The van der Waals surface area contributed by atoms with E-state index in [1.54, 1.807) is 18.2 Å². The van der Waals surface area contributed by atoms with Gasteiger partial charge in [-0.25, -0.2) is 0 Å². The second kappa shape index (κ2) is 3.21. The molecule has 0 atom stereocenters. The van der Waals surface area contributed by atoms with E-state index < -0.39 is 0 Å². The van der Waals surface area contributed by atoms with E-state index in [0.29, 0.717) is 10.4 Å². The van der Waals surface area contributed by atoms with Crippen LogP contribution in [0.2, 0.25) is 5.02 Å². The van der Waals surface area contributed by atoms with Crippen molar-refractivity contribution in [3.63, 3.8) is 0 Å². The summed E-state index contributed by atoms with van der Waals surface area (Å²) in [4.78, 5) is 0. The highest BCUT2D eigenvalue weighted by atomic mass is 35.5. The molecular formula is C11H6ClNO. The third-order valence-corrected chi connectivity index (χ3v) is 2.40. The first-order chi connectivity index (χ1) is 6.74. The van der Waals surface area contributed by atoms with Crippen LogP contribution in [-0.2, 0) is 0 Å². The molecule has 0 fully saturated rings. The highest BCUT2D eigenvalue weighted by Crippen LogP contribution is 2.33. The molecule has 0 amide bonds. The lowest BCUT2D eigenvalue weighted by Gasteiger charge is -2.04. The van der Waals surface area contributed by atoms with Gasteiger partial charge >= 0.3 is 0 Å². The van der Waals surface area contributed by atoms with Gasteiger partial charge in [0.1, 0.15) is 11.8 Å². The van der Waals surface area contributed by atoms with E-state index in [1.807, 2.05) is 12.1 Å². The standard InChI is InChI=1S/C11H6ClNO/c12-10-5-7(6-13)11(14)9-4-2-1-3-8(9)10/h1-5,14H. The Hall–Kier alpha value is -1.72. The van der Waals surface area contributed by atoms with Crippen LogP contribution >= 0.6 is 11.6 Å². The molecule has 0 bridgehead atoms. The Labute approximate surface area is 86.0 Å². The average molecular weight is 204 g/mol. The molecule has 0 aliphatic heterocycles. The maximum Gasteiger partial charge on any atom is 0.141 e. The van der Waals surface area contributed by atoms with Crippen molar-refractivity contribution in [3.8, 4) is 11.8 Å². The molecule has 14 heavy (non-hydrogen) atoms. The molecule has 0 aromatic heterocycles. The SMILES string of the molecule is N#Cc1cc(Cl)c2ccccc2c1O. The third kappa shape index (κ3) is 1.19. The van der Waals surface area contributed by atoms with Crippen molar-refractivity contribution in [3.05, 3.63) is 40.9 Å². The van der Waals surface area contributed by atoms with Crippen molar-refractivity contribution in [1.29, 1.82) is 5.26 Å². The first-order valence-corrected chi connectivity index (χ1v) is 4.42. The van der Waals surface area contributed by atoms with Crippen LogP contribution in [0.5, 0.6) is 5.75 Å². The molecule has 2 nitrogen and oxygen atoms in total. The topological polar surface area (TPSA) is 44.0 Å². The van der Waals surface area contributed by atoms with Gasteiger partial charge in [0.25, 0.3) is 0 Å². The number of aromatic hydroxyl groups is 1. The number of phenols is 1. The van der Waals surface area contributed by atoms with Crippen molar-refractivity contribution in [2.45, 2.75) is 0 Å². The predicted octanol–water partition coefficient (Wildman–Crippen LogP) is 3.07. The Kier molecular flexibility index (Phi) is 2.03. The second-order valence-corrected chi connectivity index (χ2v) is 3.32. The zero-order valence-corrected chi connectivity index (χ0v) is 7.92. The summed E-state index contributed by atoms with van der Waals surface area (Å²) in [6.07, 6.45) is 0. The lowest BCUT2D eigenvalue weighted by molar-refractivity contribution is 0.480. The monoisotopic (exact) mass is 203 g/mol. The number of hydrogen-bond donors (Lipinski definition) is 1. The fourth-order valence-corrected chi connectivity index (χ4v) is 1.67. The van der Waals surface area contributed by atoms with Crippen LogP contribution in [0, 0.1) is 11.3 Å². The molecule has 0 saturated carbocycles. The van der Waals surface area contributed by atoms with Gasteiger partial charge in [0.05, 0.1) is 5.56 Å². The largest absolute Gasteiger partial charge is 0.506 e. The first kappa shape index (κ1) is 8.86. The molecule has 2 rings (SSSR count). The van der Waals surface area contributed by atoms with Crippen LogP contribution in [0.15, 0.2) is 30.3 Å². The number of benzene rings is 2. The van der Waals surface area contributed by atoms with Crippen LogP contribution in [0.3, 0.4) is 0 Å². The highest BCUT2D eigenvalue weighted by Gasteiger charge is 2.08. The van der Waals surface area contributed by atoms with E-state index in [0.717, 1.165) is 5.39 Å². The second-order valence-electron chi connectivity index (χ2n) is 2.91. The number of hydrogen-bond acceptors (Lipinski definition) is 2. The van der Waals surface area contributed by atoms with Gasteiger partial charge in [-0.3, -0.25) is 0 Å². The number of nitriles is 1. The van der Waals surface area contributed by atoms with Gasteiger partial charge in [-0.15, -0.1) is 0 Å². The smallest absolute Gasteiger partial charge is 0.141 e. The van der Waals surface area contributed by atoms with E-state index in [1.165, 1.54) is 6.07 Å². The molecule has 2 aromatic carbocycles. The summed E-state index contributed by atoms with van der Waals surface area (Å²) in [5, 5.41) is 20.3. The molecule has 3 heteroatoms. The van der Waals surface area contributed by atoms with Gasteiger partial charge in [0.15, 0.2) is 0 Å². The summed E-state index contributed by atoms with van der Waals surface area (Å²) in [6, 6.07) is 10.5.